The Bertz CT molecular complexity index is 934. The molecule has 1 amide bonds. The highest BCUT2D eigenvalue weighted by atomic mass is 16.5. The number of hydrogen-bond donors (Lipinski definition) is 2. The van der Waals surface area contributed by atoms with Crippen LogP contribution in [0, 0.1) is 11.8 Å². The third-order valence-electron chi connectivity index (χ3n) is 7.48. The maximum Gasteiger partial charge on any atom is 0.324 e. The fraction of sp³-hybridized carbons (Fsp3) is 0.640. The molecule has 3 fully saturated rings. The van der Waals surface area contributed by atoms with Gasteiger partial charge in [-0.1, -0.05) is 5.16 Å². The Morgan fingerprint density at radius 3 is 2.74 bits per heavy atom. The number of aromatic nitrogens is 2. The lowest BCUT2D eigenvalue weighted by atomic mass is 9.96. The molecule has 4 heterocycles. The van der Waals surface area contributed by atoms with E-state index in [0.29, 0.717) is 23.8 Å². The average molecular weight is 469 g/mol. The van der Waals surface area contributed by atoms with Crippen LogP contribution in [0.25, 0.3) is 11.4 Å². The van der Waals surface area contributed by atoms with Crippen LogP contribution in [0.4, 0.5) is 6.01 Å². The number of nitrogens with one attached hydrogen (secondary N) is 2. The van der Waals surface area contributed by atoms with Crippen LogP contribution in [0.2, 0.25) is 0 Å². The lowest BCUT2D eigenvalue weighted by Crippen LogP contribution is -2.42. The van der Waals surface area contributed by atoms with E-state index in [0.717, 1.165) is 70.0 Å². The molecule has 0 radical (unpaired) electrons. The van der Waals surface area contributed by atoms with E-state index >= 15 is 0 Å². The molecule has 3 saturated heterocycles. The normalized spacial score (nSPS) is 24.0. The molecular weight excluding hydrogens is 432 g/mol. The van der Waals surface area contributed by atoms with E-state index in [-0.39, 0.29) is 11.8 Å². The van der Waals surface area contributed by atoms with E-state index in [2.05, 4.69) is 30.6 Å². The smallest absolute Gasteiger partial charge is 0.324 e. The van der Waals surface area contributed by atoms with Crippen LogP contribution >= 0.6 is 0 Å². The highest BCUT2D eigenvalue weighted by molar-refractivity contribution is 5.79. The van der Waals surface area contributed by atoms with Crippen LogP contribution in [-0.2, 0) is 4.79 Å². The first-order chi connectivity index (χ1) is 16.7. The van der Waals surface area contributed by atoms with Crippen molar-refractivity contribution >= 4 is 11.9 Å². The molecule has 3 aliphatic heterocycles. The Labute approximate surface area is 201 Å². The van der Waals surface area contributed by atoms with Crippen molar-refractivity contribution in [1.82, 2.24) is 25.7 Å². The molecule has 1 unspecified atom stereocenters. The Balaban J connectivity index is 1.04. The van der Waals surface area contributed by atoms with Gasteiger partial charge in [-0.2, -0.15) is 4.98 Å². The van der Waals surface area contributed by atoms with E-state index in [1.807, 2.05) is 24.3 Å². The summed E-state index contributed by atoms with van der Waals surface area (Å²) in [6.07, 6.45) is 5.38. The third kappa shape index (κ3) is 5.52. The molecule has 2 atom stereocenters. The zero-order valence-corrected chi connectivity index (χ0v) is 20.0. The summed E-state index contributed by atoms with van der Waals surface area (Å²) in [6.45, 7) is 6.85. The van der Waals surface area contributed by atoms with Crippen molar-refractivity contribution in [3.63, 3.8) is 0 Å². The minimum atomic E-state index is 0.0559. The second-order valence-electron chi connectivity index (χ2n) is 9.84. The lowest BCUT2D eigenvalue weighted by Gasteiger charge is -2.30. The van der Waals surface area contributed by atoms with Crippen molar-refractivity contribution < 1.29 is 14.1 Å². The second kappa shape index (κ2) is 10.7. The zero-order valence-electron chi connectivity index (χ0n) is 20.0. The molecule has 2 N–H and O–H groups in total. The van der Waals surface area contributed by atoms with Crippen LogP contribution in [0.15, 0.2) is 28.8 Å². The Kier molecular flexibility index (Phi) is 7.30. The summed E-state index contributed by atoms with van der Waals surface area (Å²) in [5.41, 5.74) is 0.884. The highest BCUT2D eigenvalue weighted by Crippen LogP contribution is 2.26. The molecule has 0 spiro atoms. The van der Waals surface area contributed by atoms with Gasteiger partial charge in [-0.15, -0.1) is 0 Å². The fourth-order valence-corrected chi connectivity index (χ4v) is 5.39. The van der Waals surface area contributed by atoms with Crippen molar-refractivity contribution in [2.45, 2.75) is 38.1 Å². The van der Waals surface area contributed by atoms with Crippen LogP contribution < -0.4 is 20.3 Å². The molecule has 1 aromatic carbocycles. The summed E-state index contributed by atoms with van der Waals surface area (Å²) in [5, 5.41) is 10.9. The molecule has 3 aliphatic rings. The average Bonchev–Trinajstić information content (AvgIpc) is 3.66. The van der Waals surface area contributed by atoms with E-state index in [1.165, 1.54) is 19.3 Å². The van der Waals surface area contributed by atoms with Gasteiger partial charge in [0.25, 0.3) is 0 Å². The summed E-state index contributed by atoms with van der Waals surface area (Å²) in [6, 6.07) is 8.77. The predicted octanol–water partition coefficient (Wildman–Crippen LogP) is 2.15. The number of nitrogens with zero attached hydrogens (tertiary/aromatic N) is 4. The number of amides is 1. The number of anilines is 1. The number of carbonyl (C=O) groups is 1. The van der Waals surface area contributed by atoms with Gasteiger partial charge in [0, 0.05) is 50.2 Å². The molecule has 2 aromatic rings. The fourth-order valence-electron chi connectivity index (χ4n) is 5.39. The predicted molar refractivity (Wildman–Crippen MR) is 130 cm³/mol. The second-order valence-corrected chi connectivity index (χ2v) is 9.84. The van der Waals surface area contributed by atoms with Gasteiger partial charge < -0.3 is 29.7 Å². The first kappa shape index (κ1) is 23.1. The summed E-state index contributed by atoms with van der Waals surface area (Å²) in [5.74, 6) is 2.17. The van der Waals surface area contributed by atoms with Gasteiger partial charge in [0.15, 0.2) is 0 Å². The van der Waals surface area contributed by atoms with Crippen molar-refractivity contribution in [3.05, 3.63) is 24.3 Å². The molecule has 0 saturated carbocycles. The summed E-state index contributed by atoms with van der Waals surface area (Å²) < 4.78 is 10.7. The number of rotatable bonds is 8. The number of piperidine rings is 1. The van der Waals surface area contributed by atoms with Crippen molar-refractivity contribution in [2.24, 2.45) is 11.8 Å². The number of hydrogen-bond acceptors (Lipinski definition) is 8. The highest BCUT2D eigenvalue weighted by Gasteiger charge is 2.30. The van der Waals surface area contributed by atoms with Crippen LogP contribution in [0.1, 0.15) is 32.1 Å². The molecule has 9 heteroatoms. The SMILES string of the molecule is COc1ccc(-c2noc(N3CCC(C(=O)NCC4CCN(C[C@@H]5CCCN5)C4)CC3)n2)cc1. The number of benzene rings is 1. The topological polar surface area (TPSA) is 95.8 Å². The standard InChI is InChI=1S/C25H36N6O3/c1-33-22-6-4-19(5-7-22)23-28-25(34-29-23)31-13-9-20(10-14-31)24(32)27-15-18-8-12-30(16-18)17-21-3-2-11-26-21/h4-7,18,20-21,26H,2-3,8-17H2,1H3,(H,27,32)/t18?,21-/m0/s1. The number of methoxy groups -OCH3 is 1. The van der Waals surface area contributed by atoms with E-state index in [1.54, 1.807) is 7.11 Å². The minimum absolute atomic E-state index is 0.0559. The van der Waals surface area contributed by atoms with Gasteiger partial charge in [0.05, 0.1) is 7.11 Å². The summed E-state index contributed by atoms with van der Waals surface area (Å²) in [4.78, 5) is 22.0. The first-order valence-corrected chi connectivity index (χ1v) is 12.6. The molecule has 1 aromatic heterocycles. The van der Waals surface area contributed by atoms with Crippen LogP contribution in [0.5, 0.6) is 5.75 Å². The number of likely N-dealkylation sites (tertiary alicyclic amines) is 1. The molecule has 184 valence electrons. The van der Waals surface area contributed by atoms with Crippen LogP contribution in [0.3, 0.4) is 0 Å². The Morgan fingerprint density at radius 1 is 1.18 bits per heavy atom. The molecule has 0 bridgehead atoms. The van der Waals surface area contributed by atoms with E-state index < -0.39 is 0 Å². The molecule has 34 heavy (non-hydrogen) atoms. The maximum atomic E-state index is 12.8. The van der Waals surface area contributed by atoms with Gasteiger partial charge in [-0.3, -0.25) is 4.79 Å². The summed E-state index contributed by atoms with van der Waals surface area (Å²) >= 11 is 0. The van der Waals surface area contributed by atoms with Gasteiger partial charge in [-0.25, -0.2) is 0 Å². The van der Waals surface area contributed by atoms with Gasteiger partial charge >= 0.3 is 6.01 Å². The monoisotopic (exact) mass is 468 g/mol. The third-order valence-corrected chi connectivity index (χ3v) is 7.48. The van der Waals surface area contributed by atoms with Gasteiger partial charge in [-0.05, 0) is 75.4 Å². The molecule has 5 rings (SSSR count). The van der Waals surface area contributed by atoms with Gasteiger partial charge in [0.1, 0.15) is 5.75 Å². The van der Waals surface area contributed by atoms with Crippen molar-refractivity contribution in [3.8, 4) is 17.1 Å². The molecule has 0 aliphatic carbocycles. The maximum absolute atomic E-state index is 12.8. The molecule has 9 nitrogen and oxygen atoms in total. The first-order valence-electron chi connectivity index (χ1n) is 12.6. The minimum Gasteiger partial charge on any atom is -0.497 e. The number of ether oxygens (including phenoxy) is 1. The summed E-state index contributed by atoms with van der Waals surface area (Å²) in [7, 11) is 1.64. The Hall–Kier alpha value is -2.65. The zero-order chi connectivity index (χ0) is 23.3. The van der Waals surface area contributed by atoms with Gasteiger partial charge in [0.2, 0.25) is 11.7 Å². The largest absolute Gasteiger partial charge is 0.497 e. The van der Waals surface area contributed by atoms with Crippen molar-refractivity contribution in [1.29, 1.82) is 0 Å². The number of carbonyl (C=O) groups excluding carboxylic acids is 1. The lowest BCUT2D eigenvalue weighted by molar-refractivity contribution is -0.125. The Morgan fingerprint density at radius 2 is 2.00 bits per heavy atom. The van der Waals surface area contributed by atoms with E-state index in [9.17, 15) is 4.79 Å². The quantitative estimate of drug-likeness (QED) is 0.609. The van der Waals surface area contributed by atoms with Crippen LogP contribution in [-0.4, -0.2) is 79.9 Å². The molecular formula is C25H36N6O3. The van der Waals surface area contributed by atoms with E-state index in [4.69, 9.17) is 9.26 Å². The van der Waals surface area contributed by atoms with Crippen molar-refractivity contribution in [2.75, 3.05) is 57.8 Å².